The number of phenols is 2. The maximum absolute atomic E-state index is 10.4. The minimum atomic E-state index is -0.577. The largest absolute Gasteiger partial charge is 0.508 e. The van der Waals surface area contributed by atoms with Crippen LogP contribution in [-0.4, -0.2) is 27.9 Å². The van der Waals surface area contributed by atoms with Crippen molar-refractivity contribution >= 4 is 0 Å². The van der Waals surface area contributed by atoms with Crippen LogP contribution in [-0.2, 0) is 6.42 Å². The second-order valence-corrected chi connectivity index (χ2v) is 6.05. The number of aliphatic hydroxyl groups is 1. The smallest absolute Gasteiger partial charge is 0.115 e. The van der Waals surface area contributed by atoms with Gasteiger partial charge < -0.3 is 20.6 Å². The van der Waals surface area contributed by atoms with Crippen molar-refractivity contribution in [3.8, 4) is 11.5 Å². The molecule has 4 N–H and O–H groups in total. The van der Waals surface area contributed by atoms with Crippen LogP contribution in [0, 0.1) is 5.92 Å². The fourth-order valence-corrected chi connectivity index (χ4v) is 2.54. The summed E-state index contributed by atoms with van der Waals surface area (Å²) in [6, 6.07) is 14.0. The predicted molar refractivity (Wildman–Crippen MR) is 91.5 cm³/mol. The molecule has 3 unspecified atom stereocenters. The van der Waals surface area contributed by atoms with Gasteiger partial charge in [0.05, 0.1) is 6.10 Å². The summed E-state index contributed by atoms with van der Waals surface area (Å²) in [5, 5.41) is 32.5. The van der Waals surface area contributed by atoms with Gasteiger partial charge in [0.2, 0.25) is 0 Å². The van der Waals surface area contributed by atoms with Crippen LogP contribution >= 0.6 is 0 Å². The zero-order valence-electron chi connectivity index (χ0n) is 13.6. The summed E-state index contributed by atoms with van der Waals surface area (Å²) in [6.45, 7) is 4.87. The summed E-state index contributed by atoms with van der Waals surface area (Å²) in [5.74, 6) is 0.522. The third-order valence-electron chi connectivity index (χ3n) is 4.34. The molecule has 124 valence electrons. The van der Waals surface area contributed by atoms with Crippen LogP contribution in [0.15, 0.2) is 48.5 Å². The molecular weight excluding hydrogens is 290 g/mol. The molecule has 0 fully saturated rings. The van der Waals surface area contributed by atoms with E-state index in [0.29, 0.717) is 0 Å². The normalized spacial score (nSPS) is 15.1. The van der Waals surface area contributed by atoms with E-state index in [1.807, 2.05) is 19.1 Å². The SMILES string of the molecule is CC(NCCc1ccc(O)cc1)C(C)C(O)c1ccc(O)cc1. The molecule has 0 saturated heterocycles. The highest BCUT2D eigenvalue weighted by atomic mass is 16.3. The van der Waals surface area contributed by atoms with Crippen molar-refractivity contribution in [3.05, 3.63) is 59.7 Å². The third-order valence-corrected chi connectivity index (χ3v) is 4.34. The molecule has 0 aliphatic heterocycles. The van der Waals surface area contributed by atoms with Crippen molar-refractivity contribution in [1.29, 1.82) is 0 Å². The Kier molecular flexibility index (Phi) is 6.02. The van der Waals surface area contributed by atoms with E-state index in [9.17, 15) is 15.3 Å². The van der Waals surface area contributed by atoms with E-state index in [4.69, 9.17) is 0 Å². The number of aromatic hydroxyl groups is 2. The molecule has 0 spiro atoms. The highest BCUT2D eigenvalue weighted by Crippen LogP contribution is 2.25. The van der Waals surface area contributed by atoms with Crippen LogP contribution in [0.4, 0.5) is 0 Å². The van der Waals surface area contributed by atoms with Crippen molar-refractivity contribution in [3.63, 3.8) is 0 Å². The van der Waals surface area contributed by atoms with Gasteiger partial charge in [-0.3, -0.25) is 0 Å². The first-order chi connectivity index (χ1) is 11.0. The number of hydrogen-bond donors (Lipinski definition) is 4. The minimum Gasteiger partial charge on any atom is -0.508 e. The van der Waals surface area contributed by atoms with Crippen molar-refractivity contribution < 1.29 is 15.3 Å². The second-order valence-electron chi connectivity index (χ2n) is 6.05. The molecule has 0 bridgehead atoms. The second kappa shape index (κ2) is 7.99. The molecular formula is C19H25NO3. The molecule has 4 heteroatoms. The standard InChI is InChI=1S/C19H25NO3/c1-13(19(23)16-5-9-18(22)10-6-16)14(2)20-12-11-15-3-7-17(21)8-4-15/h3-10,13-14,19-23H,11-12H2,1-2H3. The Hall–Kier alpha value is -2.04. The molecule has 0 aliphatic rings. The molecule has 23 heavy (non-hydrogen) atoms. The highest BCUT2D eigenvalue weighted by Gasteiger charge is 2.21. The zero-order valence-corrected chi connectivity index (χ0v) is 13.6. The van der Waals surface area contributed by atoms with E-state index in [1.54, 1.807) is 36.4 Å². The van der Waals surface area contributed by atoms with E-state index in [1.165, 1.54) is 0 Å². The highest BCUT2D eigenvalue weighted by molar-refractivity contribution is 5.28. The molecule has 0 heterocycles. The number of rotatable bonds is 7. The van der Waals surface area contributed by atoms with Crippen LogP contribution in [0.2, 0.25) is 0 Å². The molecule has 4 nitrogen and oxygen atoms in total. The number of phenolic OH excluding ortho intramolecular Hbond substituents is 2. The van der Waals surface area contributed by atoms with Crippen LogP contribution in [0.1, 0.15) is 31.1 Å². The van der Waals surface area contributed by atoms with E-state index in [2.05, 4.69) is 12.2 Å². The van der Waals surface area contributed by atoms with Crippen molar-refractivity contribution in [2.75, 3.05) is 6.54 Å². The topological polar surface area (TPSA) is 72.7 Å². The van der Waals surface area contributed by atoms with Gasteiger partial charge in [-0.25, -0.2) is 0 Å². The van der Waals surface area contributed by atoms with Crippen LogP contribution < -0.4 is 5.32 Å². The fraction of sp³-hybridized carbons (Fsp3) is 0.368. The van der Waals surface area contributed by atoms with Crippen LogP contribution in [0.3, 0.4) is 0 Å². The summed E-state index contributed by atoms with van der Waals surface area (Å²) < 4.78 is 0. The van der Waals surface area contributed by atoms with Gasteiger partial charge in [-0.05, 0) is 55.3 Å². The maximum atomic E-state index is 10.4. The molecule has 0 aromatic heterocycles. The fourth-order valence-electron chi connectivity index (χ4n) is 2.54. The number of aliphatic hydroxyl groups excluding tert-OH is 1. The van der Waals surface area contributed by atoms with E-state index >= 15 is 0 Å². The van der Waals surface area contributed by atoms with Gasteiger partial charge in [-0.1, -0.05) is 31.2 Å². The molecule has 0 saturated carbocycles. The molecule has 0 aliphatic carbocycles. The lowest BCUT2D eigenvalue weighted by Crippen LogP contribution is -2.36. The molecule has 3 atom stereocenters. The first kappa shape index (κ1) is 17.3. The van der Waals surface area contributed by atoms with Gasteiger partial charge in [0.15, 0.2) is 0 Å². The Morgan fingerprint density at radius 1 is 0.870 bits per heavy atom. The van der Waals surface area contributed by atoms with Crippen LogP contribution in [0.25, 0.3) is 0 Å². The Balaban J connectivity index is 1.83. The van der Waals surface area contributed by atoms with Crippen LogP contribution in [0.5, 0.6) is 11.5 Å². The van der Waals surface area contributed by atoms with Gasteiger partial charge >= 0.3 is 0 Å². The van der Waals surface area contributed by atoms with E-state index < -0.39 is 6.10 Å². The Morgan fingerprint density at radius 3 is 1.96 bits per heavy atom. The lowest BCUT2D eigenvalue weighted by molar-refractivity contribution is 0.0979. The Bertz CT molecular complexity index is 595. The first-order valence-electron chi connectivity index (χ1n) is 7.95. The quantitative estimate of drug-likeness (QED) is 0.634. The monoisotopic (exact) mass is 315 g/mol. The lowest BCUT2D eigenvalue weighted by atomic mass is 9.91. The maximum Gasteiger partial charge on any atom is 0.115 e. The minimum absolute atomic E-state index is 0.0411. The van der Waals surface area contributed by atoms with E-state index in [-0.39, 0.29) is 23.5 Å². The summed E-state index contributed by atoms with van der Waals surface area (Å²) >= 11 is 0. The zero-order chi connectivity index (χ0) is 16.8. The summed E-state index contributed by atoms with van der Waals surface area (Å²) in [7, 11) is 0. The van der Waals surface area contributed by atoms with Gasteiger partial charge in [0.1, 0.15) is 11.5 Å². The summed E-state index contributed by atoms with van der Waals surface area (Å²) in [4.78, 5) is 0. The van der Waals surface area contributed by atoms with E-state index in [0.717, 1.165) is 24.1 Å². The number of hydrogen-bond acceptors (Lipinski definition) is 4. The summed E-state index contributed by atoms with van der Waals surface area (Å²) in [6.07, 6.45) is 0.291. The molecule has 2 aromatic rings. The van der Waals surface area contributed by atoms with Crippen molar-refractivity contribution in [2.45, 2.75) is 32.4 Å². The van der Waals surface area contributed by atoms with Crippen molar-refractivity contribution in [2.24, 2.45) is 5.92 Å². The molecule has 2 aromatic carbocycles. The molecule has 0 amide bonds. The number of benzene rings is 2. The lowest BCUT2D eigenvalue weighted by Gasteiger charge is -2.26. The Labute approximate surface area is 137 Å². The molecule has 2 rings (SSSR count). The van der Waals surface area contributed by atoms with Gasteiger partial charge in [-0.15, -0.1) is 0 Å². The average molecular weight is 315 g/mol. The molecule has 0 radical (unpaired) electrons. The van der Waals surface area contributed by atoms with Gasteiger partial charge in [0.25, 0.3) is 0 Å². The first-order valence-corrected chi connectivity index (χ1v) is 7.95. The van der Waals surface area contributed by atoms with Gasteiger partial charge in [0, 0.05) is 12.0 Å². The van der Waals surface area contributed by atoms with Crippen molar-refractivity contribution in [1.82, 2.24) is 5.32 Å². The van der Waals surface area contributed by atoms with Gasteiger partial charge in [-0.2, -0.15) is 0 Å². The summed E-state index contributed by atoms with van der Waals surface area (Å²) in [5.41, 5.74) is 1.97. The Morgan fingerprint density at radius 2 is 1.39 bits per heavy atom. The number of nitrogens with one attached hydrogen (secondary N) is 1. The predicted octanol–water partition coefficient (Wildman–Crippen LogP) is 2.99. The third kappa shape index (κ3) is 4.98. The average Bonchev–Trinajstić information content (AvgIpc) is 2.56.